The second-order valence-electron chi connectivity index (χ2n) is 5.06. The zero-order valence-corrected chi connectivity index (χ0v) is 15.8. The highest BCUT2D eigenvalue weighted by molar-refractivity contribution is 7.99. The SMILES string of the molecule is COc1ccc(-n2nnnc2SCC(=O)NCc2cccs2)cc1OC. The molecular weight excluding hydrogens is 374 g/mol. The Hall–Kier alpha value is -2.59. The number of ether oxygens (including phenoxy) is 2. The van der Waals surface area contributed by atoms with E-state index in [9.17, 15) is 4.79 Å². The van der Waals surface area contributed by atoms with Crippen molar-refractivity contribution in [3.63, 3.8) is 0 Å². The monoisotopic (exact) mass is 391 g/mol. The third-order valence-electron chi connectivity index (χ3n) is 3.42. The van der Waals surface area contributed by atoms with E-state index in [0.29, 0.717) is 28.9 Å². The summed E-state index contributed by atoms with van der Waals surface area (Å²) < 4.78 is 12.1. The Morgan fingerprint density at radius 3 is 2.85 bits per heavy atom. The van der Waals surface area contributed by atoms with E-state index in [1.807, 2.05) is 23.6 Å². The lowest BCUT2D eigenvalue weighted by Crippen LogP contribution is -2.24. The molecule has 26 heavy (non-hydrogen) atoms. The summed E-state index contributed by atoms with van der Waals surface area (Å²) in [6.45, 7) is 0.525. The van der Waals surface area contributed by atoms with Crippen LogP contribution in [0.1, 0.15) is 4.88 Å². The molecule has 0 unspecified atom stereocenters. The molecule has 0 saturated carbocycles. The molecule has 0 aliphatic carbocycles. The Morgan fingerprint density at radius 2 is 2.12 bits per heavy atom. The number of tetrazole rings is 1. The van der Waals surface area contributed by atoms with E-state index in [2.05, 4.69) is 20.8 Å². The molecule has 0 radical (unpaired) electrons. The second-order valence-corrected chi connectivity index (χ2v) is 7.03. The number of aromatic nitrogens is 4. The topological polar surface area (TPSA) is 91.2 Å². The van der Waals surface area contributed by atoms with Crippen LogP contribution in [0.25, 0.3) is 5.69 Å². The lowest BCUT2D eigenvalue weighted by Gasteiger charge is -2.10. The molecule has 0 aliphatic rings. The van der Waals surface area contributed by atoms with Gasteiger partial charge in [-0.2, -0.15) is 4.68 Å². The number of hydrogen-bond donors (Lipinski definition) is 1. The summed E-state index contributed by atoms with van der Waals surface area (Å²) in [7, 11) is 3.14. The van der Waals surface area contributed by atoms with E-state index < -0.39 is 0 Å². The maximum atomic E-state index is 12.0. The van der Waals surface area contributed by atoms with Crippen LogP contribution in [0.4, 0.5) is 0 Å². The predicted octanol–water partition coefficient (Wildman–Crippen LogP) is 2.15. The van der Waals surface area contributed by atoms with Gasteiger partial charge < -0.3 is 14.8 Å². The summed E-state index contributed by atoms with van der Waals surface area (Å²) in [6, 6.07) is 9.31. The van der Waals surface area contributed by atoms with Crippen LogP contribution in [-0.2, 0) is 11.3 Å². The molecule has 3 rings (SSSR count). The lowest BCUT2D eigenvalue weighted by atomic mass is 10.3. The van der Waals surface area contributed by atoms with Crippen molar-refractivity contribution in [1.82, 2.24) is 25.5 Å². The van der Waals surface area contributed by atoms with Gasteiger partial charge in [-0.3, -0.25) is 4.79 Å². The van der Waals surface area contributed by atoms with E-state index in [4.69, 9.17) is 9.47 Å². The van der Waals surface area contributed by atoms with Gasteiger partial charge in [0, 0.05) is 10.9 Å². The van der Waals surface area contributed by atoms with Crippen LogP contribution < -0.4 is 14.8 Å². The molecule has 2 aromatic heterocycles. The van der Waals surface area contributed by atoms with Crippen LogP contribution in [0.3, 0.4) is 0 Å². The average Bonchev–Trinajstić information content (AvgIpc) is 3.35. The minimum Gasteiger partial charge on any atom is -0.493 e. The van der Waals surface area contributed by atoms with Crippen molar-refractivity contribution in [3.05, 3.63) is 40.6 Å². The molecule has 1 amide bonds. The summed E-state index contributed by atoms with van der Waals surface area (Å²) in [4.78, 5) is 13.1. The lowest BCUT2D eigenvalue weighted by molar-refractivity contribution is -0.118. The molecule has 1 aromatic carbocycles. The number of nitrogens with zero attached hydrogens (tertiary/aromatic N) is 4. The molecule has 10 heteroatoms. The molecule has 0 saturated heterocycles. The Bertz CT molecular complexity index is 867. The first-order valence-corrected chi connectivity index (χ1v) is 9.50. The molecular formula is C16H17N5O3S2. The fraction of sp³-hybridized carbons (Fsp3) is 0.250. The van der Waals surface area contributed by atoms with Gasteiger partial charge in [0.05, 0.1) is 32.2 Å². The fourth-order valence-corrected chi connectivity index (χ4v) is 3.53. The summed E-state index contributed by atoms with van der Waals surface area (Å²) in [5.41, 5.74) is 0.717. The molecule has 0 atom stereocenters. The minimum absolute atomic E-state index is 0.0785. The van der Waals surface area contributed by atoms with E-state index in [0.717, 1.165) is 4.88 Å². The molecule has 0 bridgehead atoms. The van der Waals surface area contributed by atoms with Crippen LogP contribution in [0.2, 0.25) is 0 Å². The molecule has 8 nitrogen and oxygen atoms in total. The number of methoxy groups -OCH3 is 2. The number of rotatable bonds is 8. The Kier molecular flexibility index (Phi) is 6.08. The van der Waals surface area contributed by atoms with Crippen molar-refractivity contribution in [2.45, 2.75) is 11.7 Å². The zero-order valence-electron chi connectivity index (χ0n) is 14.2. The molecule has 2 heterocycles. The maximum Gasteiger partial charge on any atom is 0.230 e. The zero-order chi connectivity index (χ0) is 18.4. The first-order chi connectivity index (χ1) is 12.7. The minimum atomic E-state index is -0.0785. The Morgan fingerprint density at radius 1 is 1.27 bits per heavy atom. The van der Waals surface area contributed by atoms with Crippen molar-refractivity contribution in [2.24, 2.45) is 0 Å². The van der Waals surface area contributed by atoms with E-state index in [1.54, 1.807) is 42.4 Å². The van der Waals surface area contributed by atoms with Crippen molar-refractivity contribution in [2.75, 3.05) is 20.0 Å². The van der Waals surface area contributed by atoms with Gasteiger partial charge in [-0.1, -0.05) is 17.8 Å². The van der Waals surface area contributed by atoms with E-state index in [1.165, 1.54) is 11.8 Å². The van der Waals surface area contributed by atoms with Crippen molar-refractivity contribution < 1.29 is 14.3 Å². The van der Waals surface area contributed by atoms with Crippen molar-refractivity contribution >= 4 is 29.0 Å². The largest absolute Gasteiger partial charge is 0.493 e. The van der Waals surface area contributed by atoms with Crippen LogP contribution in [-0.4, -0.2) is 46.1 Å². The molecule has 1 N–H and O–H groups in total. The first kappa shape index (κ1) is 18.2. The van der Waals surface area contributed by atoms with Crippen molar-refractivity contribution in [3.8, 4) is 17.2 Å². The Balaban J connectivity index is 1.64. The van der Waals surface area contributed by atoms with Gasteiger partial charge in [0.15, 0.2) is 11.5 Å². The molecule has 0 aliphatic heterocycles. The third-order valence-corrected chi connectivity index (χ3v) is 5.22. The van der Waals surface area contributed by atoms with Gasteiger partial charge in [-0.05, 0) is 34.0 Å². The number of carbonyl (C=O) groups is 1. The average molecular weight is 391 g/mol. The quantitative estimate of drug-likeness (QED) is 0.588. The summed E-state index contributed by atoms with van der Waals surface area (Å²) >= 11 is 2.87. The van der Waals surface area contributed by atoms with Gasteiger partial charge in [0.2, 0.25) is 11.1 Å². The maximum absolute atomic E-state index is 12.0. The fourth-order valence-electron chi connectivity index (χ4n) is 2.17. The van der Waals surface area contributed by atoms with Gasteiger partial charge in [0.1, 0.15) is 0 Å². The van der Waals surface area contributed by atoms with E-state index in [-0.39, 0.29) is 11.7 Å². The second kappa shape index (κ2) is 8.68. The smallest absolute Gasteiger partial charge is 0.230 e. The van der Waals surface area contributed by atoms with Crippen LogP contribution >= 0.6 is 23.1 Å². The van der Waals surface area contributed by atoms with Gasteiger partial charge in [0.25, 0.3) is 0 Å². The molecule has 0 spiro atoms. The third kappa shape index (κ3) is 4.33. The number of hydrogen-bond acceptors (Lipinski definition) is 8. The first-order valence-electron chi connectivity index (χ1n) is 7.64. The number of carbonyl (C=O) groups excluding carboxylic acids is 1. The van der Waals surface area contributed by atoms with Gasteiger partial charge >= 0.3 is 0 Å². The van der Waals surface area contributed by atoms with Crippen LogP contribution in [0, 0.1) is 0 Å². The number of nitrogens with one attached hydrogen (secondary N) is 1. The highest BCUT2D eigenvalue weighted by Crippen LogP contribution is 2.30. The van der Waals surface area contributed by atoms with Gasteiger partial charge in [-0.15, -0.1) is 16.4 Å². The summed E-state index contributed by atoms with van der Waals surface area (Å²) in [6.07, 6.45) is 0. The summed E-state index contributed by atoms with van der Waals surface area (Å²) in [5, 5.41) is 17.1. The highest BCUT2D eigenvalue weighted by atomic mass is 32.2. The molecule has 0 fully saturated rings. The van der Waals surface area contributed by atoms with Crippen molar-refractivity contribution in [1.29, 1.82) is 0 Å². The number of benzene rings is 1. The summed E-state index contributed by atoms with van der Waals surface area (Å²) in [5.74, 6) is 1.33. The predicted molar refractivity (Wildman–Crippen MR) is 99.1 cm³/mol. The van der Waals surface area contributed by atoms with Crippen LogP contribution in [0.15, 0.2) is 40.9 Å². The number of thioether (sulfide) groups is 1. The van der Waals surface area contributed by atoms with Crippen LogP contribution in [0.5, 0.6) is 11.5 Å². The molecule has 3 aromatic rings. The standard InChI is InChI=1S/C16H17N5O3S2/c1-23-13-6-5-11(8-14(13)24-2)21-16(18-19-20-21)26-10-15(22)17-9-12-4-3-7-25-12/h3-8H,9-10H2,1-2H3,(H,17,22). The normalized spacial score (nSPS) is 10.5. The molecule has 136 valence electrons. The van der Waals surface area contributed by atoms with E-state index >= 15 is 0 Å². The highest BCUT2D eigenvalue weighted by Gasteiger charge is 2.14. The van der Waals surface area contributed by atoms with Gasteiger partial charge in [-0.25, -0.2) is 0 Å². The Labute approximate surface area is 158 Å². The number of thiophene rings is 1. The number of amides is 1.